The molecule has 0 N–H and O–H groups in total. The van der Waals surface area contributed by atoms with Gasteiger partial charge in [0, 0.05) is 0 Å². The first-order valence-electron chi connectivity index (χ1n) is 15.0. The summed E-state index contributed by atoms with van der Waals surface area (Å²) in [6.07, 6.45) is 0. The van der Waals surface area contributed by atoms with Gasteiger partial charge < -0.3 is 0 Å². The van der Waals surface area contributed by atoms with Gasteiger partial charge in [-0.2, -0.15) is 0 Å². The van der Waals surface area contributed by atoms with Crippen molar-refractivity contribution in [3.63, 3.8) is 0 Å². The molecular weight excluding hydrogens is 615 g/mol. The van der Waals surface area contributed by atoms with Crippen LogP contribution < -0.4 is 4.90 Å². The Hall–Kier alpha value is -5.41. The topological polar surface area (TPSA) is 29.3 Å². The molecule has 4 heteroatoms. The number of hydrogen-bond donors (Lipinski definition) is 0. The Labute approximate surface area is 266 Å². The third-order valence-electron chi connectivity index (χ3n) is 8.49. The molecule has 45 heavy (non-hydrogen) atoms. The predicted molar refractivity (Wildman–Crippen MR) is 189 cm³/mol. The Morgan fingerprint density at radius 1 is 0.511 bits per heavy atom. The van der Waals surface area contributed by atoms with Gasteiger partial charge in [0.2, 0.25) is 0 Å². The van der Waals surface area contributed by atoms with Crippen molar-refractivity contribution in [2.45, 2.75) is 0 Å². The minimum absolute atomic E-state index is 0.162. The van der Waals surface area contributed by atoms with Crippen LogP contribution in [0.5, 0.6) is 0 Å². The second kappa shape index (κ2) is 10.6. The van der Waals surface area contributed by atoms with E-state index in [0.717, 1.165) is 33.7 Å². The van der Waals surface area contributed by atoms with E-state index in [2.05, 4.69) is 138 Å². The van der Waals surface area contributed by atoms with Crippen LogP contribution in [0, 0.1) is 0 Å². The minimum atomic E-state index is 0.162. The van der Waals surface area contributed by atoms with Crippen LogP contribution in [0.3, 0.4) is 0 Å². The molecule has 0 spiro atoms. The zero-order chi connectivity index (χ0) is 29.7. The first-order chi connectivity index (χ1) is 22.3. The fourth-order valence-electron chi connectivity index (χ4n) is 6.32. The fourth-order valence-corrected chi connectivity index (χ4v) is 8.76. The van der Waals surface area contributed by atoms with Gasteiger partial charge in [0.25, 0.3) is 0 Å². The number of aromatic nitrogens is 1. The summed E-state index contributed by atoms with van der Waals surface area (Å²) in [7, 11) is 0. The van der Waals surface area contributed by atoms with Crippen LogP contribution in [0.25, 0.3) is 63.7 Å². The molecule has 212 valence electrons. The zero-order valence-electron chi connectivity index (χ0n) is 24.2. The quantitative estimate of drug-likeness (QED) is 0.175. The molecule has 0 aliphatic carbocycles. The molecule has 0 fully saturated rings. The summed E-state index contributed by atoms with van der Waals surface area (Å²) in [6.45, 7) is 0. The van der Waals surface area contributed by atoms with E-state index in [9.17, 15) is 0 Å². The molecule has 7 aromatic carbocycles. The van der Waals surface area contributed by atoms with E-state index in [1.807, 2.05) is 24.3 Å². The van der Waals surface area contributed by atoms with E-state index >= 15 is 0 Å². The number of benzene rings is 7. The Balaban J connectivity index is 1.20. The van der Waals surface area contributed by atoms with Crippen molar-refractivity contribution in [2.24, 2.45) is 0 Å². The Morgan fingerprint density at radius 2 is 1.22 bits per heavy atom. The normalized spacial score (nSPS) is 11.6. The van der Waals surface area contributed by atoms with Gasteiger partial charge in [-0.15, -0.1) is 0 Å². The molecule has 3 nitrogen and oxygen atoms in total. The van der Waals surface area contributed by atoms with Crippen LogP contribution in [0.2, 0.25) is 0 Å². The molecule has 0 bridgehead atoms. The van der Waals surface area contributed by atoms with Gasteiger partial charge in [-0.1, -0.05) is 0 Å². The van der Waals surface area contributed by atoms with Crippen molar-refractivity contribution in [1.29, 1.82) is 0 Å². The third kappa shape index (κ3) is 4.55. The third-order valence-corrected chi connectivity index (χ3v) is 10.8. The average molecular weight is 642 g/mol. The Morgan fingerprint density at radius 3 is 2.09 bits per heavy atom. The molecular formula is C41H26N2OSe. The maximum atomic E-state index is 6.24. The van der Waals surface area contributed by atoms with Crippen molar-refractivity contribution in [3.8, 4) is 22.6 Å². The standard InChI is InChI=1S/C41H26N2OSe/c1-2-9-27(10-3-1)29-17-20-31(21-18-29)43(32-22-19-28-11-4-5-12-30(28)25-32)33-23-24-34-39(26-33)45-38-16-8-13-35(40(34)38)41-42-36-14-6-7-15-37(36)44-41/h1-26H. The number of rotatable bonds is 5. The number of oxazole rings is 1. The molecule has 2 aromatic heterocycles. The summed E-state index contributed by atoms with van der Waals surface area (Å²) in [5.74, 6) is 0.678. The molecule has 0 aliphatic rings. The van der Waals surface area contributed by atoms with Crippen LogP contribution >= 0.6 is 0 Å². The zero-order valence-corrected chi connectivity index (χ0v) is 25.9. The predicted octanol–water partition coefficient (Wildman–Crippen LogP) is 11.1. The van der Waals surface area contributed by atoms with Gasteiger partial charge in [0.1, 0.15) is 0 Å². The van der Waals surface area contributed by atoms with Gasteiger partial charge in [-0.05, 0) is 0 Å². The Bertz CT molecular complexity index is 2460. The summed E-state index contributed by atoms with van der Waals surface area (Å²) in [4.78, 5) is 7.22. The number of fused-ring (bicyclic) bond motifs is 5. The van der Waals surface area contributed by atoms with Gasteiger partial charge >= 0.3 is 267 Å². The number of para-hydroxylation sites is 2. The van der Waals surface area contributed by atoms with E-state index in [1.54, 1.807) is 0 Å². The molecule has 0 amide bonds. The van der Waals surface area contributed by atoms with Crippen molar-refractivity contribution in [2.75, 3.05) is 4.90 Å². The summed E-state index contributed by atoms with van der Waals surface area (Å²) in [5, 5.41) is 4.97. The summed E-state index contributed by atoms with van der Waals surface area (Å²) >= 11 is 0.162. The van der Waals surface area contributed by atoms with Crippen molar-refractivity contribution in [1.82, 2.24) is 4.98 Å². The van der Waals surface area contributed by atoms with E-state index in [4.69, 9.17) is 9.40 Å². The van der Waals surface area contributed by atoms with Crippen molar-refractivity contribution < 1.29 is 4.42 Å². The molecule has 2 heterocycles. The summed E-state index contributed by atoms with van der Waals surface area (Å²) in [5.41, 5.74) is 8.58. The van der Waals surface area contributed by atoms with Gasteiger partial charge in [0.15, 0.2) is 0 Å². The Kier molecular flexibility index (Phi) is 6.15. The van der Waals surface area contributed by atoms with E-state index < -0.39 is 0 Å². The van der Waals surface area contributed by atoms with Gasteiger partial charge in [-0.3, -0.25) is 0 Å². The maximum absolute atomic E-state index is 6.24. The van der Waals surface area contributed by atoms with E-state index in [0.29, 0.717) is 5.89 Å². The number of hydrogen-bond acceptors (Lipinski definition) is 3. The van der Waals surface area contributed by atoms with Crippen molar-refractivity contribution in [3.05, 3.63) is 158 Å². The molecule has 0 radical (unpaired) electrons. The van der Waals surface area contributed by atoms with Crippen LogP contribution in [-0.4, -0.2) is 19.5 Å². The number of nitrogens with zero attached hydrogens (tertiary/aromatic N) is 2. The number of anilines is 3. The first-order valence-corrected chi connectivity index (χ1v) is 16.8. The second-order valence-corrected chi connectivity index (χ2v) is 13.5. The summed E-state index contributed by atoms with van der Waals surface area (Å²) < 4.78 is 8.96. The van der Waals surface area contributed by atoms with E-state index in [-0.39, 0.29) is 14.5 Å². The monoisotopic (exact) mass is 642 g/mol. The molecule has 0 saturated carbocycles. The van der Waals surface area contributed by atoms with Crippen LogP contribution in [0.4, 0.5) is 17.1 Å². The first kappa shape index (κ1) is 26.0. The van der Waals surface area contributed by atoms with Gasteiger partial charge in [-0.25, -0.2) is 0 Å². The van der Waals surface area contributed by atoms with E-state index in [1.165, 1.54) is 41.2 Å². The molecule has 0 saturated heterocycles. The van der Waals surface area contributed by atoms with Crippen molar-refractivity contribution >= 4 is 72.7 Å². The molecule has 0 unspecified atom stereocenters. The molecule has 0 aliphatic heterocycles. The molecule has 9 aromatic rings. The van der Waals surface area contributed by atoms with Crippen LogP contribution in [0.1, 0.15) is 0 Å². The van der Waals surface area contributed by atoms with Crippen LogP contribution in [0.15, 0.2) is 162 Å². The van der Waals surface area contributed by atoms with Crippen LogP contribution in [-0.2, 0) is 0 Å². The van der Waals surface area contributed by atoms with Gasteiger partial charge in [0.05, 0.1) is 0 Å². The molecule has 0 atom stereocenters. The average Bonchev–Trinajstić information content (AvgIpc) is 3.71. The molecule has 9 rings (SSSR count). The fraction of sp³-hybridized carbons (Fsp3) is 0. The second-order valence-electron chi connectivity index (χ2n) is 11.2. The summed E-state index contributed by atoms with van der Waals surface area (Å²) in [6, 6.07) is 56.2. The SMILES string of the molecule is c1ccc(-c2ccc(N(c3ccc4ccccc4c3)c3ccc4c(c3)[se]c3cccc(-c5nc6ccccc6o5)c34)cc2)cc1.